The predicted molar refractivity (Wildman–Crippen MR) is 82.1 cm³/mol. The van der Waals surface area contributed by atoms with Crippen molar-refractivity contribution in [1.82, 2.24) is 4.98 Å². The van der Waals surface area contributed by atoms with Crippen LogP contribution in [0.2, 0.25) is 0 Å². The molecule has 0 aromatic carbocycles. The van der Waals surface area contributed by atoms with Gasteiger partial charge in [-0.1, -0.05) is 12.8 Å². The lowest BCUT2D eigenvalue weighted by Gasteiger charge is -2.44. The average Bonchev–Trinajstić information content (AvgIpc) is 2.49. The fourth-order valence-corrected chi connectivity index (χ4v) is 3.76. The van der Waals surface area contributed by atoms with Gasteiger partial charge in [-0.2, -0.15) is 4.98 Å². The van der Waals surface area contributed by atoms with Crippen molar-refractivity contribution < 1.29 is 4.74 Å². The van der Waals surface area contributed by atoms with Gasteiger partial charge in [-0.25, -0.2) is 0 Å². The van der Waals surface area contributed by atoms with Crippen LogP contribution in [0.5, 0.6) is 5.88 Å². The monoisotopic (exact) mass is 275 g/mol. The summed E-state index contributed by atoms with van der Waals surface area (Å²) >= 11 is 0. The topological polar surface area (TPSA) is 51.4 Å². The van der Waals surface area contributed by atoms with E-state index in [-0.39, 0.29) is 0 Å². The van der Waals surface area contributed by atoms with Crippen molar-refractivity contribution in [3.05, 3.63) is 12.1 Å². The highest BCUT2D eigenvalue weighted by atomic mass is 16.5. The molecule has 2 atom stereocenters. The molecule has 1 aromatic rings. The number of nitrogens with zero attached hydrogens (tertiary/aromatic N) is 2. The molecule has 20 heavy (non-hydrogen) atoms. The molecule has 3 rings (SSSR count). The van der Waals surface area contributed by atoms with Crippen molar-refractivity contribution in [2.24, 2.45) is 5.92 Å². The first-order valence-corrected chi connectivity index (χ1v) is 7.95. The van der Waals surface area contributed by atoms with Gasteiger partial charge in [0.2, 0.25) is 5.88 Å². The number of ether oxygens (including phenoxy) is 1. The van der Waals surface area contributed by atoms with E-state index in [1.165, 1.54) is 38.5 Å². The zero-order valence-electron chi connectivity index (χ0n) is 12.3. The number of anilines is 2. The quantitative estimate of drug-likeness (QED) is 0.920. The molecule has 2 aliphatic rings. The van der Waals surface area contributed by atoms with Crippen molar-refractivity contribution in [2.45, 2.75) is 51.5 Å². The average molecular weight is 275 g/mol. The first-order chi connectivity index (χ1) is 9.79. The number of piperidine rings is 1. The van der Waals surface area contributed by atoms with Crippen LogP contribution in [0.1, 0.15) is 45.4 Å². The Balaban J connectivity index is 1.85. The van der Waals surface area contributed by atoms with Gasteiger partial charge in [0.15, 0.2) is 0 Å². The Morgan fingerprint density at radius 2 is 2.05 bits per heavy atom. The van der Waals surface area contributed by atoms with E-state index in [0.29, 0.717) is 24.2 Å². The third-order valence-corrected chi connectivity index (χ3v) is 4.69. The summed E-state index contributed by atoms with van der Waals surface area (Å²) in [5, 5.41) is 0. The molecule has 2 heterocycles. The van der Waals surface area contributed by atoms with Crippen molar-refractivity contribution >= 4 is 11.5 Å². The van der Waals surface area contributed by atoms with Crippen LogP contribution < -0.4 is 15.4 Å². The molecular formula is C16H25N3O. The molecule has 110 valence electrons. The minimum atomic E-state index is 0.586. The van der Waals surface area contributed by atoms with E-state index in [1.54, 1.807) is 0 Å². The Bertz CT molecular complexity index is 461. The number of hydrogen-bond donors (Lipinski definition) is 1. The van der Waals surface area contributed by atoms with Gasteiger partial charge in [-0.05, 0) is 50.7 Å². The largest absolute Gasteiger partial charge is 0.476 e. The van der Waals surface area contributed by atoms with Gasteiger partial charge < -0.3 is 15.4 Å². The second-order valence-electron chi connectivity index (χ2n) is 5.94. The summed E-state index contributed by atoms with van der Waals surface area (Å²) in [6.45, 7) is 3.68. The van der Waals surface area contributed by atoms with Gasteiger partial charge in [-0.15, -0.1) is 0 Å². The highest BCUT2D eigenvalue weighted by Gasteiger charge is 2.33. The van der Waals surface area contributed by atoms with Crippen molar-refractivity contribution in [3.8, 4) is 5.88 Å². The Morgan fingerprint density at radius 1 is 1.25 bits per heavy atom. The SMILES string of the molecule is CCOc1nc(N2CCCC3CCCCC32)ccc1N. The first kappa shape index (κ1) is 13.5. The summed E-state index contributed by atoms with van der Waals surface area (Å²) < 4.78 is 5.54. The summed E-state index contributed by atoms with van der Waals surface area (Å²) in [5.74, 6) is 2.48. The van der Waals surface area contributed by atoms with E-state index in [1.807, 2.05) is 13.0 Å². The second-order valence-corrected chi connectivity index (χ2v) is 5.94. The standard InChI is InChI=1S/C16H25N3O/c1-2-20-16-13(17)9-10-15(18-16)19-11-5-7-12-6-3-4-8-14(12)19/h9-10,12,14H,2-8,11,17H2,1H3. The maximum atomic E-state index is 5.93. The molecular weight excluding hydrogens is 250 g/mol. The molecule has 1 saturated heterocycles. The molecule has 0 spiro atoms. The first-order valence-electron chi connectivity index (χ1n) is 7.95. The van der Waals surface area contributed by atoms with Crippen LogP contribution in [-0.2, 0) is 0 Å². The molecule has 1 aliphatic carbocycles. The fourth-order valence-electron chi connectivity index (χ4n) is 3.76. The number of pyridine rings is 1. The zero-order chi connectivity index (χ0) is 13.9. The van der Waals surface area contributed by atoms with E-state index < -0.39 is 0 Å². The van der Waals surface area contributed by atoms with Crippen LogP contribution >= 0.6 is 0 Å². The normalized spacial score (nSPS) is 26.1. The maximum absolute atomic E-state index is 5.93. The summed E-state index contributed by atoms with van der Waals surface area (Å²) in [7, 11) is 0. The lowest BCUT2D eigenvalue weighted by atomic mass is 9.78. The summed E-state index contributed by atoms with van der Waals surface area (Å²) in [4.78, 5) is 7.15. The van der Waals surface area contributed by atoms with Crippen LogP contribution in [-0.4, -0.2) is 24.2 Å². The van der Waals surface area contributed by atoms with Crippen molar-refractivity contribution in [3.63, 3.8) is 0 Å². The number of nitrogens with two attached hydrogens (primary N) is 1. The third kappa shape index (κ3) is 2.56. The Labute approximate surface area is 121 Å². The molecule has 1 aliphatic heterocycles. The summed E-state index contributed by atoms with van der Waals surface area (Å²) in [6.07, 6.45) is 8.10. The summed E-state index contributed by atoms with van der Waals surface area (Å²) in [5.41, 5.74) is 6.56. The minimum Gasteiger partial charge on any atom is -0.476 e. The molecule has 2 fully saturated rings. The molecule has 0 bridgehead atoms. The maximum Gasteiger partial charge on any atom is 0.239 e. The van der Waals surface area contributed by atoms with Crippen LogP contribution in [0.3, 0.4) is 0 Å². The van der Waals surface area contributed by atoms with Crippen LogP contribution in [0.15, 0.2) is 12.1 Å². The predicted octanol–water partition coefficient (Wildman–Crippen LogP) is 3.22. The molecule has 2 unspecified atom stereocenters. The van der Waals surface area contributed by atoms with Gasteiger partial charge in [-0.3, -0.25) is 0 Å². The number of fused-ring (bicyclic) bond motifs is 1. The lowest BCUT2D eigenvalue weighted by molar-refractivity contribution is 0.242. The molecule has 4 nitrogen and oxygen atoms in total. The highest BCUT2D eigenvalue weighted by molar-refractivity contribution is 5.55. The Hall–Kier alpha value is -1.45. The van der Waals surface area contributed by atoms with E-state index in [9.17, 15) is 0 Å². The molecule has 0 amide bonds. The van der Waals surface area contributed by atoms with E-state index >= 15 is 0 Å². The molecule has 0 radical (unpaired) electrons. The Kier molecular flexibility index (Phi) is 3.99. The molecule has 2 N–H and O–H groups in total. The number of aromatic nitrogens is 1. The zero-order valence-corrected chi connectivity index (χ0v) is 12.3. The molecule has 1 saturated carbocycles. The highest BCUT2D eigenvalue weighted by Crippen LogP contribution is 2.38. The third-order valence-electron chi connectivity index (χ3n) is 4.69. The lowest BCUT2D eigenvalue weighted by Crippen LogP contribution is -2.47. The van der Waals surface area contributed by atoms with Crippen LogP contribution in [0.25, 0.3) is 0 Å². The Morgan fingerprint density at radius 3 is 2.90 bits per heavy atom. The van der Waals surface area contributed by atoms with Crippen molar-refractivity contribution in [2.75, 3.05) is 23.8 Å². The summed E-state index contributed by atoms with van der Waals surface area (Å²) in [6, 6.07) is 4.65. The molecule has 4 heteroatoms. The number of nitrogen functional groups attached to an aromatic ring is 1. The van der Waals surface area contributed by atoms with Crippen LogP contribution in [0.4, 0.5) is 11.5 Å². The number of rotatable bonds is 3. The second kappa shape index (κ2) is 5.90. The van der Waals surface area contributed by atoms with E-state index in [0.717, 1.165) is 18.3 Å². The van der Waals surface area contributed by atoms with Gasteiger partial charge in [0.1, 0.15) is 5.82 Å². The van der Waals surface area contributed by atoms with E-state index in [4.69, 9.17) is 10.5 Å². The van der Waals surface area contributed by atoms with Gasteiger partial charge in [0.25, 0.3) is 0 Å². The fraction of sp³-hybridized carbons (Fsp3) is 0.688. The smallest absolute Gasteiger partial charge is 0.239 e. The van der Waals surface area contributed by atoms with Gasteiger partial charge in [0, 0.05) is 12.6 Å². The van der Waals surface area contributed by atoms with Crippen LogP contribution in [0, 0.1) is 5.92 Å². The van der Waals surface area contributed by atoms with Crippen molar-refractivity contribution in [1.29, 1.82) is 0 Å². The number of hydrogen-bond acceptors (Lipinski definition) is 4. The minimum absolute atomic E-state index is 0.586. The van der Waals surface area contributed by atoms with E-state index in [2.05, 4.69) is 16.0 Å². The van der Waals surface area contributed by atoms with Gasteiger partial charge in [0.05, 0.1) is 12.3 Å². The molecule has 1 aromatic heterocycles. The van der Waals surface area contributed by atoms with Gasteiger partial charge >= 0.3 is 0 Å².